The monoisotopic (exact) mass is 434 g/mol. The number of H-pyrrole nitrogens is 1. The largest absolute Gasteiger partial charge is 0.459 e. The van der Waals surface area contributed by atoms with Gasteiger partial charge in [-0.05, 0) is 51.0 Å². The van der Waals surface area contributed by atoms with E-state index in [0.29, 0.717) is 24.4 Å². The summed E-state index contributed by atoms with van der Waals surface area (Å²) < 4.78 is 34.0. The topological polar surface area (TPSA) is 108 Å². The van der Waals surface area contributed by atoms with Gasteiger partial charge in [-0.25, -0.2) is 13.1 Å². The zero-order valence-electron chi connectivity index (χ0n) is 16.1. The van der Waals surface area contributed by atoms with Crippen LogP contribution in [0.15, 0.2) is 39.8 Å². The van der Waals surface area contributed by atoms with Gasteiger partial charge in [0.1, 0.15) is 5.69 Å². The van der Waals surface area contributed by atoms with Crippen molar-refractivity contribution in [1.82, 2.24) is 19.8 Å². The number of carbonyl (C=O) groups is 1. The van der Waals surface area contributed by atoms with E-state index in [9.17, 15) is 13.2 Å². The molecule has 0 aliphatic carbocycles. The maximum absolute atomic E-state index is 13.0. The molecule has 2 N–H and O–H groups in total. The molecule has 10 heteroatoms. The summed E-state index contributed by atoms with van der Waals surface area (Å²) >= 11 is 1.39. The van der Waals surface area contributed by atoms with Crippen LogP contribution in [0.1, 0.15) is 34.0 Å². The van der Waals surface area contributed by atoms with E-state index in [0.717, 1.165) is 22.7 Å². The molecule has 1 aliphatic heterocycles. The van der Waals surface area contributed by atoms with Crippen LogP contribution in [-0.2, 0) is 10.0 Å². The number of aromatic nitrogens is 2. The fourth-order valence-corrected chi connectivity index (χ4v) is 6.31. The van der Waals surface area contributed by atoms with Crippen LogP contribution in [0.5, 0.6) is 0 Å². The number of piperidine rings is 1. The number of aromatic amines is 1. The Labute approximate surface area is 173 Å². The summed E-state index contributed by atoms with van der Waals surface area (Å²) in [7, 11) is -3.71. The number of aryl methyl sites for hydroxylation is 2. The lowest BCUT2D eigenvalue weighted by Crippen LogP contribution is -2.49. The molecule has 4 heterocycles. The third-order valence-electron chi connectivity index (χ3n) is 4.88. The third-order valence-corrected chi connectivity index (χ3v) is 7.73. The van der Waals surface area contributed by atoms with Crippen molar-refractivity contribution >= 4 is 27.3 Å². The van der Waals surface area contributed by atoms with Gasteiger partial charge in [0, 0.05) is 29.7 Å². The lowest BCUT2D eigenvalue weighted by Gasteiger charge is -2.32. The van der Waals surface area contributed by atoms with Gasteiger partial charge < -0.3 is 9.32 Å². The van der Waals surface area contributed by atoms with Crippen LogP contribution in [0.4, 0.5) is 0 Å². The Morgan fingerprint density at radius 3 is 2.90 bits per heavy atom. The summed E-state index contributed by atoms with van der Waals surface area (Å²) in [5.74, 6) is 0.0444. The van der Waals surface area contributed by atoms with Crippen LogP contribution in [0.3, 0.4) is 0 Å². The number of nitrogens with one attached hydrogen (secondary N) is 2. The number of hydrogen-bond donors (Lipinski definition) is 2. The first-order chi connectivity index (χ1) is 13.8. The SMILES string of the molecule is Cc1cc(-c2cc(S(=O)(=O)NC3CCCN(C(=O)c4ccco4)C3)c(C)s2)n[nH]1. The molecule has 1 atom stereocenters. The summed E-state index contributed by atoms with van der Waals surface area (Å²) in [6.45, 7) is 4.58. The smallest absolute Gasteiger partial charge is 0.289 e. The van der Waals surface area contributed by atoms with Gasteiger partial charge in [0.25, 0.3) is 5.91 Å². The molecule has 1 aliphatic rings. The van der Waals surface area contributed by atoms with Gasteiger partial charge in [0.2, 0.25) is 10.0 Å². The van der Waals surface area contributed by atoms with Crippen molar-refractivity contribution in [2.75, 3.05) is 13.1 Å². The quantitative estimate of drug-likeness (QED) is 0.642. The fourth-order valence-electron chi connectivity index (χ4n) is 3.50. The number of thiophene rings is 1. The van der Waals surface area contributed by atoms with Gasteiger partial charge in [-0.1, -0.05) is 0 Å². The van der Waals surface area contributed by atoms with Crippen molar-refractivity contribution in [3.05, 3.63) is 46.9 Å². The highest BCUT2D eigenvalue weighted by molar-refractivity contribution is 7.89. The highest BCUT2D eigenvalue weighted by Crippen LogP contribution is 2.33. The van der Waals surface area contributed by atoms with Crippen LogP contribution < -0.4 is 4.72 Å². The van der Waals surface area contributed by atoms with Crippen LogP contribution in [-0.4, -0.2) is 48.6 Å². The molecule has 0 bridgehead atoms. The molecule has 3 aromatic rings. The van der Waals surface area contributed by atoms with Crippen molar-refractivity contribution in [1.29, 1.82) is 0 Å². The minimum atomic E-state index is -3.71. The molecule has 29 heavy (non-hydrogen) atoms. The molecule has 0 spiro atoms. The Bertz CT molecular complexity index is 1120. The summed E-state index contributed by atoms with van der Waals surface area (Å²) in [4.78, 5) is 15.9. The second-order valence-electron chi connectivity index (χ2n) is 7.16. The fraction of sp³-hybridized carbons (Fsp3) is 0.368. The molecule has 0 aromatic carbocycles. The maximum atomic E-state index is 13.0. The summed E-state index contributed by atoms with van der Waals surface area (Å²) in [5, 5.41) is 7.08. The average Bonchev–Trinajstić information content (AvgIpc) is 3.41. The van der Waals surface area contributed by atoms with E-state index in [1.54, 1.807) is 30.0 Å². The van der Waals surface area contributed by atoms with Gasteiger partial charge >= 0.3 is 0 Å². The zero-order valence-corrected chi connectivity index (χ0v) is 17.8. The molecule has 4 rings (SSSR count). The molecular formula is C19H22N4O4S2. The summed E-state index contributed by atoms with van der Waals surface area (Å²) in [6, 6.07) is 6.47. The minimum Gasteiger partial charge on any atom is -0.459 e. The Balaban J connectivity index is 1.50. The molecule has 8 nitrogen and oxygen atoms in total. The molecule has 0 saturated carbocycles. The lowest BCUT2D eigenvalue weighted by atomic mass is 10.1. The molecule has 154 valence electrons. The predicted octanol–water partition coefficient (Wildman–Crippen LogP) is 2.93. The van der Waals surface area contributed by atoms with E-state index < -0.39 is 10.0 Å². The maximum Gasteiger partial charge on any atom is 0.289 e. The van der Waals surface area contributed by atoms with Crippen molar-refractivity contribution in [2.45, 2.75) is 37.6 Å². The number of amides is 1. The van der Waals surface area contributed by atoms with Crippen LogP contribution in [0.25, 0.3) is 10.6 Å². The number of sulfonamides is 1. The van der Waals surface area contributed by atoms with Crippen molar-refractivity contribution in [3.63, 3.8) is 0 Å². The Kier molecular flexibility index (Phi) is 5.32. The predicted molar refractivity (Wildman–Crippen MR) is 109 cm³/mol. The number of hydrogen-bond acceptors (Lipinski definition) is 6. The number of carbonyl (C=O) groups excluding carboxylic acids is 1. The highest BCUT2D eigenvalue weighted by atomic mass is 32.2. The molecular weight excluding hydrogens is 412 g/mol. The Morgan fingerprint density at radius 1 is 1.38 bits per heavy atom. The number of rotatable bonds is 5. The van der Waals surface area contributed by atoms with Gasteiger partial charge in [0.15, 0.2) is 5.76 Å². The Morgan fingerprint density at radius 2 is 2.21 bits per heavy atom. The van der Waals surface area contributed by atoms with E-state index in [4.69, 9.17) is 4.42 Å². The van der Waals surface area contributed by atoms with E-state index in [-0.39, 0.29) is 22.6 Å². The molecule has 1 unspecified atom stereocenters. The number of nitrogens with zero attached hydrogens (tertiary/aromatic N) is 2. The molecule has 1 amide bonds. The first kappa shape index (κ1) is 19.9. The van der Waals surface area contributed by atoms with Crippen LogP contribution in [0, 0.1) is 13.8 Å². The Hall–Kier alpha value is -2.43. The molecule has 1 fully saturated rings. The van der Waals surface area contributed by atoms with Gasteiger partial charge in [-0.2, -0.15) is 5.10 Å². The number of likely N-dealkylation sites (tertiary alicyclic amines) is 1. The third kappa shape index (κ3) is 4.14. The van der Waals surface area contributed by atoms with Crippen LogP contribution in [0.2, 0.25) is 0 Å². The van der Waals surface area contributed by atoms with Crippen molar-refractivity contribution in [2.24, 2.45) is 0 Å². The first-order valence-electron chi connectivity index (χ1n) is 9.31. The summed E-state index contributed by atoms with van der Waals surface area (Å²) in [5.41, 5.74) is 1.64. The molecule has 1 saturated heterocycles. The van der Waals surface area contributed by atoms with Crippen LogP contribution >= 0.6 is 11.3 Å². The van der Waals surface area contributed by atoms with E-state index >= 15 is 0 Å². The van der Waals surface area contributed by atoms with Gasteiger partial charge in [0.05, 0.1) is 16.0 Å². The molecule has 0 radical (unpaired) electrons. The van der Waals surface area contributed by atoms with Gasteiger partial charge in [-0.15, -0.1) is 11.3 Å². The summed E-state index contributed by atoms with van der Waals surface area (Å²) in [6.07, 6.45) is 2.85. The highest BCUT2D eigenvalue weighted by Gasteiger charge is 2.30. The lowest BCUT2D eigenvalue weighted by molar-refractivity contribution is 0.0671. The molecule has 3 aromatic heterocycles. The first-order valence-corrected chi connectivity index (χ1v) is 11.6. The average molecular weight is 435 g/mol. The van der Waals surface area contributed by atoms with E-state index in [1.165, 1.54) is 17.6 Å². The second-order valence-corrected chi connectivity index (χ2v) is 10.1. The zero-order chi connectivity index (χ0) is 20.6. The van der Waals surface area contributed by atoms with Gasteiger partial charge in [-0.3, -0.25) is 9.89 Å². The van der Waals surface area contributed by atoms with Crippen molar-refractivity contribution in [3.8, 4) is 10.6 Å². The number of furan rings is 1. The second kappa shape index (κ2) is 7.77. The van der Waals surface area contributed by atoms with E-state index in [1.807, 2.05) is 13.0 Å². The minimum absolute atomic E-state index is 0.221. The standard InChI is InChI=1S/C19H22N4O4S2/c1-12-9-15(21-20-12)17-10-18(13(2)28-17)29(25,26)22-14-5-3-7-23(11-14)19(24)16-6-4-8-27-16/h4,6,8-10,14,22H,3,5,7,11H2,1-2H3,(H,20,21). The normalized spacial score (nSPS) is 17.6. The van der Waals surface area contributed by atoms with E-state index in [2.05, 4.69) is 14.9 Å². The van der Waals surface area contributed by atoms with Crippen molar-refractivity contribution < 1.29 is 17.6 Å².